The van der Waals surface area contributed by atoms with Gasteiger partial charge in [0.2, 0.25) is 0 Å². The van der Waals surface area contributed by atoms with Crippen LogP contribution in [0.15, 0.2) is 35.7 Å². The number of hydroxylamine groups is 2. The van der Waals surface area contributed by atoms with Crippen LogP contribution in [0.4, 0.5) is 0 Å². The molecule has 128 valence electrons. The first-order valence-electron chi connectivity index (χ1n) is 7.95. The fraction of sp³-hybridized carbons (Fsp3) is 0.278. The maximum Gasteiger partial charge on any atom is 0.338 e. The van der Waals surface area contributed by atoms with E-state index in [4.69, 9.17) is 9.57 Å². The average molecular weight is 357 g/mol. The summed E-state index contributed by atoms with van der Waals surface area (Å²) < 4.78 is 5.74. The first-order chi connectivity index (χ1) is 12.1. The number of imide groups is 1. The molecule has 25 heavy (non-hydrogen) atoms. The van der Waals surface area contributed by atoms with E-state index in [9.17, 15) is 14.4 Å². The van der Waals surface area contributed by atoms with Gasteiger partial charge in [0.25, 0.3) is 11.8 Å². The van der Waals surface area contributed by atoms with Crippen LogP contribution >= 0.6 is 11.3 Å². The van der Waals surface area contributed by atoms with E-state index in [0.29, 0.717) is 11.7 Å². The van der Waals surface area contributed by atoms with Gasteiger partial charge in [0.15, 0.2) is 0 Å². The van der Waals surface area contributed by atoms with Crippen molar-refractivity contribution in [2.75, 3.05) is 6.61 Å². The zero-order chi connectivity index (χ0) is 17.6. The summed E-state index contributed by atoms with van der Waals surface area (Å²) in [4.78, 5) is 43.5. The second-order valence-corrected chi connectivity index (χ2v) is 6.99. The lowest BCUT2D eigenvalue weighted by Gasteiger charge is -2.27. The van der Waals surface area contributed by atoms with Crippen molar-refractivity contribution >= 4 is 29.1 Å². The van der Waals surface area contributed by atoms with Crippen LogP contribution in [0.3, 0.4) is 0 Å². The van der Waals surface area contributed by atoms with Crippen LogP contribution in [-0.4, -0.2) is 29.5 Å². The SMILES string of the molecule is CC(C(=O)ON1C(=O)c2ccccc2C1=O)C1OCCc2sccc21. The fourth-order valence-corrected chi connectivity index (χ4v) is 4.04. The molecule has 0 saturated heterocycles. The molecule has 2 aliphatic heterocycles. The summed E-state index contributed by atoms with van der Waals surface area (Å²) in [5.41, 5.74) is 1.45. The number of hydrogen-bond acceptors (Lipinski definition) is 6. The van der Waals surface area contributed by atoms with E-state index in [-0.39, 0.29) is 11.1 Å². The van der Waals surface area contributed by atoms with E-state index in [1.807, 2.05) is 11.4 Å². The number of rotatable bonds is 3. The number of carbonyl (C=O) groups excluding carboxylic acids is 3. The van der Waals surface area contributed by atoms with E-state index in [1.54, 1.807) is 30.4 Å². The van der Waals surface area contributed by atoms with Gasteiger partial charge in [0.05, 0.1) is 29.8 Å². The number of benzene rings is 1. The summed E-state index contributed by atoms with van der Waals surface area (Å²) >= 11 is 1.63. The number of amides is 2. The summed E-state index contributed by atoms with van der Waals surface area (Å²) in [5, 5.41) is 2.51. The van der Waals surface area contributed by atoms with E-state index in [1.165, 1.54) is 17.0 Å². The van der Waals surface area contributed by atoms with Gasteiger partial charge in [-0.15, -0.1) is 11.3 Å². The quantitative estimate of drug-likeness (QED) is 0.790. The van der Waals surface area contributed by atoms with Crippen molar-refractivity contribution in [2.45, 2.75) is 19.4 Å². The van der Waals surface area contributed by atoms with Crippen molar-refractivity contribution in [3.63, 3.8) is 0 Å². The first-order valence-corrected chi connectivity index (χ1v) is 8.83. The number of fused-ring (bicyclic) bond motifs is 2. The first kappa shape index (κ1) is 16.0. The predicted octanol–water partition coefficient (Wildman–Crippen LogP) is 2.75. The monoisotopic (exact) mass is 357 g/mol. The standard InChI is InChI=1S/C18H15NO5S/c1-10(15-13-7-9-25-14(13)6-8-23-15)18(22)24-19-16(20)11-4-2-3-5-12(11)17(19)21/h2-5,7,9-10,15H,6,8H2,1H3. The minimum atomic E-state index is -0.668. The Morgan fingerprint density at radius 1 is 1.24 bits per heavy atom. The van der Waals surface area contributed by atoms with Gasteiger partial charge in [-0.1, -0.05) is 17.2 Å². The fourth-order valence-electron chi connectivity index (χ4n) is 3.14. The average Bonchev–Trinajstić information content (AvgIpc) is 3.20. The number of thiophene rings is 1. The molecule has 2 amide bonds. The highest BCUT2D eigenvalue weighted by atomic mass is 32.1. The lowest BCUT2D eigenvalue weighted by Crippen LogP contribution is -2.36. The number of nitrogens with zero attached hydrogens (tertiary/aromatic N) is 1. The molecule has 4 rings (SSSR count). The molecule has 0 spiro atoms. The van der Waals surface area contributed by atoms with Crippen LogP contribution in [-0.2, 0) is 20.8 Å². The molecule has 1 aromatic carbocycles. The van der Waals surface area contributed by atoms with Gasteiger partial charge in [-0.05, 0) is 36.1 Å². The molecule has 2 unspecified atom stereocenters. The molecule has 2 atom stereocenters. The molecule has 0 saturated carbocycles. The topological polar surface area (TPSA) is 72.9 Å². The second kappa shape index (κ2) is 6.09. The van der Waals surface area contributed by atoms with Crippen LogP contribution in [0.5, 0.6) is 0 Å². The third kappa shape index (κ3) is 2.56. The van der Waals surface area contributed by atoms with Crippen molar-refractivity contribution in [3.8, 4) is 0 Å². The zero-order valence-electron chi connectivity index (χ0n) is 13.4. The Labute approximate surface area is 147 Å². The van der Waals surface area contributed by atoms with E-state index in [0.717, 1.165) is 12.0 Å². The Balaban J connectivity index is 1.52. The molecule has 0 N–H and O–H groups in total. The molecule has 1 aromatic heterocycles. The summed E-state index contributed by atoms with van der Waals surface area (Å²) in [6.07, 6.45) is 0.390. The van der Waals surface area contributed by atoms with E-state index < -0.39 is 29.8 Å². The third-order valence-corrected chi connectivity index (χ3v) is 5.47. The van der Waals surface area contributed by atoms with Crippen LogP contribution in [0.2, 0.25) is 0 Å². The maximum absolute atomic E-state index is 12.5. The summed E-state index contributed by atoms with van der Waals surface area (Å²) in [6.45, 7) is 2.21. The van der Waals surface area contributed by atoms with Gasteiger partial charge in [0.1, 0.15) is 0 Å². The molecule has 7 heteroatoms. The molecule has 6 nitrogen and oxygen atoms in total. The van der Waals surface area contributed by atoms with Gasteiger partial charge < -0.3 is 9.57 Å². The minimum Gasteiger partial charge on any atom is -0.372 e. The number of hydrogen-bond donors (Lipinski definition) is 0. The Morgan fingerprint density at radius 2 is 1.92 bits per heavy atom. The van der Waals surface area contributed by atoms with Crippen LogP contribution in [0.1, 0.15) is 44.2 Å². The second-order valence-electron chi connectivity index (χ2n) is 5.99. The number of carbonyl (C=O) groups is 3. The molecule has 0 fully saturated rings. The highest BCUT2D eigenvalue weighted by Gasteiger charge is 2.41. The maximum atomic E-state index is 12.5. The summed E-state index contributed by atoms with van der Waals surface area (Å²) in [7, 11) is 0. The zero-order valence-corrected chi connectivity index (χ0v) is 14.2. The van der Waals surface area contributed by atoms with Gasteiger partial charge in [0, 0.05) is 11.3 Å². The lowest BCUT2D eigenvalue weighted by atomic mass is 9.95. The van der Waals surface area contributed by atoms with Gasteiger partial charge >= 0.3 is 5.97 Å². The van der Waals surface area contributed by atoms with Crippen LogP contribution in [0, 0.1) is 5.92 Å². The normalized spacial score (nSPS) is 20.2. The predicted molar refractivity (Wildman–Crippen MR) is 88.9 cm³/mol. The Hall–Kier alpha value is -2.51. The molecule has 0 bridgehead atoms. The van der Waals surface area contributed by atoms with Crippen LogP contribution in [0.25, 0.3) is 0 Å². The van der Waals surface area contributed by atoms with Gasteiger partial charge in [-0.2, -0.15) is 0 Å². The Bertz CT molecular complexity index is 839. The summed E-state index contributed by atoms with van der Waals surface area (Å²) in [5.74, 6) is -2.56. The molecular weight excluding hydrogens is 342 g/mol. The van der Waals surface area contributed by atoms with Crippen molar-refractivity contribution in [2.24, 2.45) is 5.92 Å². The molecule has 3 heterocycles. The third-order valence-electron chi connectivity index (χ3n) is 4.48. The van der Waals surface area contributed by atoms with Crippen LogP contribution < -0.4 is 0 Å². The molecule has 2 aliphatic rings. The number of ether oxygens (including phenoxy) is 1. The Kier molecular flexibility index (Phi) is 3.89. The highest BCUT2D eigenvalue weighted by molar-refractivity contribution is 7.10. The Morgan fingerprint density at radius 3 is 2.60 bits per heavy atom. The molecular formula is C18H15NO5S. The molecule has 2 aromatic rings. The van der Waals surface area contributed by atoms with Gasteiger partial charge in [-0.25, -0.2) is 4.79 Å². The smallest absolute Gasteiger partial charge is 0.338 e. The van der Waals surface area contributed by atoms with E-state index in [2.05, 4.69) is 0 Å². The van der Waals surface area contributed by atoms with Crippen molar-refractivity contribution in [3.05, 3.63) is 57.3 Å². The van der Waals surface area contributed by atoms with Gasteiger partial charge in [-0.3, -0.25) is 9.59 Å². The highest BCUT2D eigenvalue weighted by Crippen LogP contribution is 2.36. The largest absolute Gasteiger partial charge is 0.372 e. The lowest BCUT2D eigenvalue weighted by molar-refractivity contribution is -0.178. The molecule has 0 radical (unpaired) electrons. The van der Waals surface area contributed by atoms with Crippen molar-refractivity contribution < 1.29 is 24.0 Å². The van der Waals surface area contributed by atoms with E-state index >= 15 is 0 Å². The van der Waals surface area contributed by atoms with Crippen molar-refractivity contribution in [1.82, 2.24) is 5.06 Å². The molecule has 0 aliphatic carbocycles. The summed E-state index contributed by atoms with van der Waals surface area (Å²) in [6, 6.07) is 8.33. The van der Waals surface area contributed by atoms with Crippen molar-refractivity contribution in [1.29, 1.82) is 0 Å². The minimum absolute atomic E-state index is 0.238.